The highest BCUT2D eigenvalue weighted by Gasteiger charge is 2.59. The molecular weight excluding hydrogens is 479 g/mol. The van der Waals surface area contributed by atoms with E-state index in [0.717, 1.165) is 26.1 Å². The number of rotatable bonds is 6. The van der Waals surface area contributed by atoms with Gasteiger partial charge in [-0.05, 0) is 94.2 Å². The number of likely N-dealkylation sites (tertiary alicyclic amines) is 1. The number of amides is 2. The molecule has 2 saturated heterocycles. The van der Waals surface area contributed by atoms with Crippen LogP contribution >= 0.6 is 12.2 Å². The molecule has 2 amide bonds. The molecule has 1 aromatic heterocycles. The highest BCUT2D eigenvalue weighted by molar-refractivity contribution is 7.81. The van der Waals surface area contributed by atoms with Gasteiger partial charge in [-0.15, -0.1) is 4.98 Å². The number of benzene rings is 1. The first-order valence-corrected chi connectivity index (χ1v) is 12.6. The van der Waals surface area contributed by atoms with Gasteiger partial charge in [-0.2, -0.15) is 0 Å². The summed E-state index contributed by atoms with van der Waals surface area (Å²) in [6.45, 7) is 12.3. The Hall–Kier alpha value is -3.42. The van der Waals surface area contributed by atoms with Gasteiger partial charge in [-0.1, -0.05) is 6.57 Å². The molecular formula is C26H27FN6O2S. The fourth-order valence-electron chi connectivity index (χ4n) is 5.26. The number of anilines is 2. The van der Waals surface area contributed by atoms with Gasteiger partial charge in [-0.3, -0.25) is 14.5 Å². The fourth-order valence-corrected chi connectivity index (χ4v) is 5.72. The molecule has 1 aromatic carbocycles. The lowest BCUT2D eigenvalue weighted by atomic mass is 9.75. The van der Waals surface area contributed by atoms with E-state index < -0.39 is 17.3 Å². The quantitative estimate of drug-likeness (QED) is 0.472. The van der Waals surface area contributed by atoms with Crippen LogP contribution in [0, 0.1) is 19.3 Å². The first-order chi connectivity index (χ1) is 17.4. The molecule has 10 heteroatoms. The molecule has 1 aliphatic carbocycles. The second-order valence-corrected chi connectivity index (χ2v) is 9.92. The van der Waals surface area contributed by atoms with E-state index in [-0.39, 0.29) is 22.4 Å². The third-order valence-electron chi connectivity index (χ3n) is 7.36. The van der Waals surface area contributed by atoms with Crippen molar-refractivity contribution >= 4 is 46.3 Å². The Balaban J connectivity index is 1.38. The summed E-state index contributed by atoms with van der Waals surface area (Å²) in [6, 6.07) is 6.10. The van der Waals surface area contributed by atoms with Crippen molar-refractivity contribution < 1.29 is 14.0 Å². The lowest BCUT2D eigenvalue weighted by Crippen LogP contribution is -2.55. The molecule has 3 aliphatic rings. The molecule has 3 heterocycles. The topological polar surface area (TPSA) is 73.1 Å². The van der Waals surface area contributed by atoms with Crippen LogP contribution in [0.3, 0.4) is 0 Å². The SMILES string of the molecule is [C-]#[N+]c1ncc(N2C(=O)C3(CCC3)N(c3ccc(C(=O)NCCN4CCCC4)c(F)c3)C2=S)cc1C. The number of pyridine rings is 1. The monoisotopic (exact) mass is 506 g/mol. The van der Waals surface area contributed by atoms with Gasteiger partial charge in [0, 0.05) is 18.8 Å². The van der Waals surface area contributed by atoms with E-state index in [0.29, 0.717) is 36.3 Å². The van der Waals surface area contributed by atoms with Crippen LogP contribution in [0.5, 0.6) is 0 Å². The maximum atomic E-state index is 15.2. The van der Waals surface area contributed by atoms with Crippen LogP contribution in [0.2, 0.25) is 0 Å². The zero-order chi connectivity index (χ0) is 25.4. The van der Waals surface area contributed by atoms with Crippen molar-refractivity contribution in [2.24, 2.45) is 0 Å². The number of thiocarbonyl (C=S) groups is 1. The second kappa shape index (κ2) is 9.56. The normalized spacial score (nSPS) is 19.0. The van der Waals surface area contributed by atoms with Crippen LogP contribution in [0.1, 0.15) is 48.0 Å². The highest BCUT2D eigenvalue weighted by Crippen LogP contribution is 2.48. The second-order valence-electron chi connectivity index (χ2n) is 9.56. The Morgan fingerprint density at radius 2 is 1.97 bits per heavy atom. The summed E-state index contributed by atoms with van der Waals surface area (Å²) >= 11 is 5.73. The average molecular weight is 507 g/mol. The van der Waals surface area contributed by atoms with Gasteiger partial charge in [0.25, 0.3) is 17.6 Å². The van der Waals surface area contributed by atoms with Gasteiger partial charge in [0.15, 0.2) is 5.11 Å². The lowest BCUT2D eigenvalue weighted by Gasteiger charge is -2.43. The van der Waals surface area contributed by atoms with Crippen molar-refractivity contribution in [3.05, 3.63) is 58.8 Å². The third kappa shape index (κ3) is 4.02. The van der Waals surface area contributed by atoms with Crippen LogP contribution in [0.15, 0.2) is 30.5 Å². The Morgan fingerprint density at radius 3 is 2.58 bits per heavy atom. The molecule has 0 bridgehead atoms. The minimum atomic E-state index is -0.880. The van der Waals surface area contributed by atoms with E-state index in [4.69, 9.17) is 18.8 Å². The number of carbonyl (C=O) groups is 2. The van der Waals surface area contributed by atoms with Crippen LogP contribution in [-0.4, -0.2) is 58.5 Å². The van der Waals surface area contributed by atoms with Crippen molar-refractivity contribution in [2.45, 2.75) is 44.6 Å². The molecule has 3 fully saturated rings. The van der Waals surface area contributed by atoms with Crippen LogP contribution in [0.4, 0.5) is 21.6 Å². The Labute approximate surface area is 214 Å². The number of nitrogens with zero attached hydrogens (tertiary/aromatic N) is 5. The molecule has 0 atom stereocenters. The Kier molecular flexibility index (Phi) is 6.45. The van der Waals surface area contributed by atoms with E-state index in [1.165, 1.54) is 36.1 Å². The fraction of sp³-hybridized carbons (Fsp3) is 0.423. The van der Waals surface area contributed by atoms with E-state index in [9.17, 15) is 9.59 Å². The number of carbonyl (C=O) groups excluding carboxylic acids is 2. The number of nitrogens with one attached hydrogen (secondary N) is 1. The molecule has 5 rings (SSSR count). The summed E-state index contributed by atoms with van der Waals surface area (Å²) in [5.74, 6) is -1.03. The van der Waals surface area contributed by atoms with Crippen molar-refractivity contribution in [3.8, 4) is 0 Å². The largest absolute Gasteiger partial charge is 0.360 e. The summed E-state index contributed by atoms with van der Waals surface area (Å²) < 4.78 is 15.2. The average Bonchev–Trinajstić information content (AvgIpc) is 3.42. The first-order valence-electron chi connectivity index (χ1n) is 12.2. The minimum absolute atomic E-state index is 0.0364. The summed E-state index contributed by atoms with van der Waals surface area (Å²) in [7, 11) is 0. The standard InChI is InChI=1S/C26H27FN6O2S/c1-17-14-19(16-30-22(17)28-2)32-24(35)26(8-5-9-26)33(25(32)36)18-6-7-20(21(27)15-18)23(34)29-10-13-31-11-3-4-12-31/h6-7,14-16H,3-5,8-13H2,1H3,(H,29,34). The third-order valence-corrected chi connectivity index (χ3v) is 7.73. The van der Waals surface area contributed by atoms with Crippen LogP contribution in [0.25, 0.3) is 4.85 Å². The van der Waals surface area contributed by atoms with Gasteiger partial charge < -0.3 is 20.0 Å². The number of aromatic nitrogens is 1. The van der Waals surface area contributed by atoms with Crippen LogP contribution in [-0.2, 0) is 4.79 Å². The molecule has 2 aromatic rings. The maximum absolute atomic E-state index is 15.2. The number of halogens is 1. The first kappa shape index (κ1) is 24.3. The van der Waals surface area contributed by atoms with Gasteiger partial charge in [0.2, 0.25) is 0 Å². The van der Waals surface area contributed by atoms with Crippen molar-refractivity contribution in [3.63, 3.8) is 0 Å². The Bertz CT molecular complexity index is 1280. The predicted octanol–water partition coefficient (Wildman–Crippen LogP) is 3.97. The summed E-state index contributed by atoms with van der Waals surface area (Å²) in [5.41, 5.74) is 0.647. The minimum Gasteiger partial charge on any atom is -0.360 e. The van der Waals surface area contributed by atoms with E-state index >= 15 is 4.39 Å². The maximum Gasteiger partial charge on any atom is 0.272 e. The number of aryl methyl sites for hydroxylation is 1. The molecule has 2 aliphatic heterocycles. The predicted molar refractivity (Wildman–Crippen MR) is 139 cm³/mol. The van der Waals surface area contributed by atoms with Crippen molar-refractivity contribution in [1.82, 2.24) is 15.2 Å². The van der Waals surface area contributed by atoms with Crippen molar-refractivity contribution in [2.75, 3.05) is 36.0 Å². The highest BCUT2D eigenvalue weighted by atomic mass is 32.1. The molecule has 186 valence electrons. The zero-order valence-corrected chi connectivity index (χ0v) is 20.9. The Morgan fingerprint density at radius 1 is 1.22 bits per heavy atom. The molecule has 1 N–H and O–H groups in total. The molecule has 1 saturated carbocycles. The summed E-state index contributed by atoms with van der Waals surface area (Å²) in [5, 5.41) is 3.04. The summed E-state index contributed by atoms with van der Waals surface area (Å²) in [6.07, 6.45) is 5.85. The smallest absolute Gasteiger partial charge is 0.272 e. The number of hydrogen-bond acceptors (Lipinski definition) is 5. The van der Waals surface area contributed by atoms with Gasteiger partial charge in [0.1, 0.15) is 17.6 Å². The van der Waals surface area contributed by atoms with E-state index in [1.54, 1.807) is 24.0 Å². The van der Waals surface area contributed by atoms with E-state index in [1.807, 2.05) is 0 Å². The van der Waals surface area contributed by atoms with Gasteiger partial charge >= 0.3 is 0 Å². The molecule has 1 spiro atoms. The van der Waals surface area contributed by atoms with Gasteiger partial charge in [0.05, 0.1) is 11.3 Å². The molecule has 0 radical (unpaired) electrons. The molecule has 8 nitrogen and oxygen atoms in total. The number of hydrogen-bond donors (Lipinski definition) is 1. The lowest BCUT2D eigenvalue weighted by molar-refractivity contribution is -0.123. The van der Waals surface area contributed by atoms with E-state index in [2.05, 4.69) is 20.0 Å². The molecule has 0 unspecified atom stereocenters. The molecule has 36 heavy (non-hydrogen) atoms. The van der Waals surface area contributed by atoms with Gasteiger partial charge in [-0.25, -0.2) is 4.39 Å². The summed E-state index contributed by atoms with van der Waals surface area (Å²) in [4.78, 5) is 39.2. The van der Waals surface area contributed by atoms with Crippen LogP contribution < -0.4 is 15.1 Å². The zero-order valence-electron chi connectivity index (χ0n) is 20.1. The van der Waals surface area contributed by atoms with Crippen molar-refractivity contribution in [1.29, 1.82) is 0 Å².